The quantitative estimate of drug-likeness (QED) is 0.0412. The first-order valence-electron chi connectivity index (χ1n) is 17.0. The Balaban J connectivity index is 1.53. The summed E-state index contributed by atoms with van der Waals surface area (Å²) in [4.78, 5) is 38.3. The van der Waals surface area contributed by atoms with Crippen LogP contribution >= 0.6 is 0 Å². The van der Waals surface area contributed by atoms with Crippen LogP contribution in [0.25, 0.3) is 0 Å². The van der Waals surface area contributed by atoms with Crippen molar-refractivity contribution >= 4 is 33.2 Å². The minimum atomic E-state index is -3.94. The Kier molecular flexibility index (Phi) is 13.9. The van der Waals surface area contributed by atoms with Crippen molar-refractivity contribution < 1.29 is 33.1 Å². The van der Waals surface area contributed by atoms with Crippen molar-refractivity contribution in [2.45, 2.75) is 56.0 Å². The molecule has 4 rings (SSSR count). The topological polar surface area (TPSA) is 205 Å². The third-order valence-corrected chi connectivity index (χ3v) is 10.5. The normalized spacial score (nSPS) is 12.8. The van der Waals surface area contributed by atoms with Gasteiger partial charge in [0.1, 0.15) is 6.04 Å². The molecule has 14 heteroatoms. The molecule has 52 heavy (non-hydrogen) atoms. The molecule has 1 unspecified atom stereocenters. The Bertz CT molecular complexity index is 1870. The van der Waals surface area contributed by atoms with Gasteiger partial charge in [-0.1, -0.05) is 80.9 Å². The summed E-state index contributed by atoms with van der Waals surface area (Å²) in [6.07, 6.45) is 1.22. The molecular weight excluding hydrogens is 687 g/mol. The number of aromatic hydroxyl groups is 1. The van der Waals surface area contributed by atoms with Crippen LogP contribution < -0.4 is 16.4 Å². The number of aliphatic hydroxyl groups is 1. The number of nitrogens with two attached hydrogens (primary N) is 1. The summed E-state index contributed by atoms with van der Waals surface area (Å²) in [6.45, 7) is 3.77. The van der Waals surface area contributed by atoms with Crippen LogP contribution in [0.1, 0.15) is 60.5 Å². The Hall–Kier alpha value is -5.31. The fraction of sp³-hybridized carbons (Fsp3) is 0.316. The Morgan fingerprint density at radius 2 is 1.50 bits per heavy atom. The lowest BCUT2D eigenvalue weighted by molar-refractivity contribution is -0.385. The summed E-state index contributed by atoms with van der Waals surface area (Å²) >= 11 is 0. The van der Waals surface area contributed by atoms with E-state index in [-0.39, 0.29) is 29.5 Å². The first-order chi connectivity index (χ1) is 24.8. The molecule has 0 aliphatic rings. The van der Waals surface area contributed by atoms with E-state index in [1.54, 1.807) is 0 Å². The number of hydrogen-bond acceptors (Lipinski definition) is 9. The lowest BCUT2D eigenvalue weighted by atomic mass is 9.84. The zero-order valence-corrected chi connectivity index (χ0v) is 29.9. The number of nitro benzene ring substituents is 1. The Morgan fingerprint density at radius 3 is 2.04 bits per heavy atom. The monoisotopic (exact) mass is 731 g/mol. The molecule has 0 aromatic heterocycles. The number of aliphatic hydroxyl groups excluding tert-OH is 1. The molecule has 0 aliphatic carbocycles. The summed E-state index contributed by atoms with van der Waals surface area (Å²) in [6, 6.07) is 25.6. The third kappa shape index (κ3) is 10.1. The minimum Gasteiger partial charge on any atom is -0.502 e. The number of carbonyl (C=O) groups is 2. The fourth-order valence-corrected chi connectivity index (χ4v) is 7.77. The predicted octanol–water partition coefficient (Wildman–Crippen LogP) is 4.81. The van der Waals surface area contributed by atoms with Crippen molar-refractivity contribution in [3.8, 4) is 5.75 Å². The SMILES string of the molecule is CC(C)CN(C(CO)CCCCNC(=O)[C@@H](NC(=O)c1ccc(O)c([N+](=O)[O-])c1)C(c1ccccc1)c1ccccc1)S(=O)(=O)c1ccc(N)cc1. The molecule has 0 radical (unpaired) electrons. The first-order valence-corrected chi connectivity index (χ1v) is 18.4. The number of nitrogens with one attached hydrogen (secondary N) is 2. The van der Waals surface area contributed by atoms with Gasteiger partial charge >= 0.3 is 5.69 Å². The molecule has 13 nitrogen and oxygen atoms in total. The van der Waals surface area contributed by atoms with Gasteiger partial charge in [0, 0.05) is 42.4 Å². The molecule has 276 valence electrons. The maximum atomic E-state index is 14.0. The number of benzene rings is 4. The van der Waals surface area contributed by atoms with Crippen molar-refractivity contribution in [2.75, 3.05) is 25.4 Å². The molecule has 0 bridgehead atoms. The molecule has 0 spiro atoms. The van der Waals surface area contributed by atoms with Crippen molar-refractivity contribution in [1.82, 2.24) is 14.9 Å². The number of anilines is 1. The summed E-state index contributed by atoms with van der Waals surface area (Å²) in [7, 11) is -3.94. The second-order valence-electron chi connectivity index (χ2n) is 12.9. The van der Waals surface area contributed by atoms with Crippen LogP contribution in [-0.4, -0.2) is 71.5 Å². The zero-order chi connectivity index (χ0) is 37.8. The third-order valence-electron chi connectivity index (χ3n) is 8.57. The summed E-state index contributed by atoms with van der Waals surface area (Å²) in [5.74, 6) is -2.52. The molecule has 2 amide bonds. The van der Waals surface area contributed by atoms with E-state index < -0.39 is 62.8 Å². The number of nitrogens with zero attached hydrogens (tertiary/aromatic N) is 2. The highest BCUT2D eigenvalue weighted by Gasteiger charge is 2.34. The lowest BCUT2D eigenvalue weighted by Crippen LogP contribution is -2.50. The van der Waals surface area contributed by atoms with Crippen molar-refractivity contribution in [3.63, 3.8) is 0 Å². The molecule has 0 fully saturated rings. The summed E-state index contributed by atoms with van der Waals surface area (Å²) in [5, 5.41) is 37.4. The van der Waals surface area contributed by atoms with E-state index in [9.17, 15) is 38.3 Å². The van der Waals surface area contributed by atoms with E-state index in [4.69, 9.17) is 5.73 Å². The van der Waals surface area contributed by atoms with Crippen LogP contribution in [-0.2, 0) is 14.8 Å². The van der Waals surface area contributed by atoms with Gasteiger partial charge in [-0.25, -0.2) is 8.42 Å². The van der Waals surface area contributed by atoms with Gasteiger partial charge < -0.3 is 26.6 Å². The van der Waals surface area contributed by atoms with Gasteiger partial charge in [0.15, 0.2) is 5.75 Å². The highest BCUT2D eigenvalue weighted by Crippen LogP contribution is 2.30. The average Bonchev–Trinajstić information content (AvgIpc) is 3.13. The van der Waals surface area contributed by atoms with E-state index in [1.165, 1.54) is 34.6 Å². The van der Waals surface area contributed by atoms with Crippen molar-refractivity contribution in [3.05, 3.63) is 130 Å². The summed E-state index contributed by atoms with van der Waals surface area (Å²) < 4.78 is 28.6. The van der Waals surface area contributed by atoms with Gasteiger partial charge in [0.05, 0.1) is 16.4 Å². The molecule has 0 aliphatic heterocycles. The first kappa shape index (κ1) is 39.5. The van der Waals surface area contributed by atoms with Crippen molar-refractivity contribution in [2.24, 2.45) is 5.92 Å². The molecule has 4 aromatic rings. The van der Waals surface area contributed by atoms with Gasteiger partial charge in [0.25, 0.3) is 5.91 Å². The van der Waals surface area contributed by atoms with Crippen LogP contribution in [0.5, 0.6) is 5.75 Å². The predicted molar refractivity (Wildman–Crippen MR) is 198 cm³/mol. The molecule has 0 saturated carbocycles. The largest absolute Gasteiger partial charge is 0.502 e. The van der Waals surface area contributed by atoms with Crippen molar-refractivity contribution in [1.29, 1.82) is 0 Å². The van der Waals surface area contributed by atoms with Gasteiger partial charge in [-0.15, -0.1) is 0 Å². The summed E-state index contributed by atoms with van der Waals surface area (Å²) in [5.41, 5.74) is 6.91. The number of unbranched alkanes of at least 4 members (excludes halogenated alkanes) is 1. The maximum absolute atomic E-state index is 14.0. The lowest BCUT2D eigenvalue weighted by Gasteiger charge is -2.31. The van der Waals surface area contributed by atoms with E-state index in [2.05, 4.69) is 10.6 Å². The van der Waals surface area contributed by atoms with Crippen LogP contribution in [0.4, 0.5) is 11.4 Å². The molecule has 2 atom stereocenters. The van der Waals surface area contributed by atoms with Gasteiger partial charge in [0.2, 0.25) is 15.9 Å². The zero-order valence-electron chi connectivity index (χ0n) is 29.1. The Labute approximate surface area is 303 Å². The number of nitro groups is 1. The molecule has 0 heterocycles. The highest BCUT2D eigenvalue weighted by atomic mass is 32.2. The minimum absolute atomic E-state index is 0.0149. The maximum Gasteiger partial charge on any atom is 0.311 e. The number of hydrogen-bond donors (Lipinski definition) is 5. The smallest absolute Gasteiger partial charge is 0.311 e. The van der Waals surface area contributed by atoms with Crippen LogP contribution in [0.2, 0.25) is 0 Å². The molecule has 6 N–H and O–H groups in total. The molecule has 4 aromatic carbocycles. The fourth-order valence-electron chi connectivity index (χ4n) is 5.97. The number of amides is 2. The number of phenolic OH excluding ortho intramolecular Hbond substituents is 1. The Morgan fingerprint density at radius 1 is 0.904 bits per heavy atom. The van der Waals surface area contributed by atoms with E-state index >= 15 is 0 Å². The van der Waals surface area contributed by atoms with Crippen LogP contribution in [0.3, 0.4) is 0 Å². The standard InChI is InChI=1S/C38H45N5O8S/c1-26(2)24-42(52(50,51)32-19-17-30(39)18-20-32)31(25-44)15-9-10-22-40-38(47)36(41-37(46)29-16-21-34(45)33(23-29)43(48)49)35(27-11-5-3-6-12-27)28-13-7-4-8-14-28/h3-8,11-14,16-21,23,26,31,35-36,44-45H,9-10,15,22,24-25,39H2,1-2H3,(H,40,47)(H,41,46)/t31?,36-/m0/s1. The van der Waals surface area contributed by atoms with Gasteiger partial charge in [-0.05, 0) is 66.3 Å². The second kappa shape index (κ2) is 18.3. The van der Waals surface area contributed by atoms with E-state index in [0.717, 1.165) is 23.3 Å². The van der Waals surface area contributed by atoms with Gasteiger partial charge in [-0.3, -0.25) is 19.7 Å². The number of nitrogen functional groups attached to an aromatic ring is 1. The average molecular weight is 732 g/mol. The number of carbonyl (C=O) groups excluding carboxylic acids is 2. The highest BCUT2D eigenvalue weighted by molar-refractivity contribution is 7.89. The number of phenols is 1. The van der Waals surface area contributed by atoms with E-state index in [0.29, 0.717) is 24.9 Å². The second-order valence-corrected chi connectivity index (χ2v) is 14.8. The number of sulfonamides is 1. The molecule has 0 saturated heterocycles. The van der Waals surface area contributed by atoms with Crippen LogP contribution in [0.15, 0.2) is 108 Å². The van der Waals surface area contributed by atoms with Crippen LogP contribution in [0, 0.1) is 16.0 Å². The molecular formula is C38H45N5O8S. The van der Waals surface area contributed by atoms with E-state index in [1.807, 2.05) is 74.5 Å². The van der Waals surface area contributed by atoms with Gasteiger partial charge in [-0.2, -0.15) is 4.31 Å². The number of rotatable bonds is 18.